The molecule has 2 fully saturated rings. The predicted molar refractivity (Wildman–Crippen MR) is 96.8 cm³/mol. The number of hydrogen-bond acceptors (Lipinski definition) is 4. The van der Waals surface area contributed by atoms with E-state index in [4.69, 9.17) is 0 Å². The van der Waals surface area contributed by atoms with Crippen LogP contribution in [-0.4, -0.2) is 24.0 Å². The minimum absolute atomic E-state index is 0.0840. The summed E-state index contributed by atoms with van der Waals surface area (Å²) in [7, 11) is 0. The van der Waals surface area contributed by atoms with E-state index in [1.807, 2.05) is 12.1 Å². The van der Waals surface area contributed by atoms with Gasteiger partial charge in [0, 0.05) is 30.4 Å². The Morgan fingerprint density at radius 3 is 2.33 bits per heavy atom. The van der Waals surface area contributed by atoms with Gasteiger partial charge in [0.05, 0.1) is 11.9 Å². The predicted octanol–water partition coefficient (Wildman–Crippen LogP) is 3.77. The van der Waals surface area contributed by atoms with Crippen molar-refractivity contribution in [1.29, 1.82) is 0 Å². The molecule has 5 nitrogen and oxygen atoms in total. The van der Waals surface area contributed by atoms with Crippen molar-refractivity contribution in [2.45, 2.75) is 25.7 Å². The van der Waals surface area contributed by atoms with E-state index in [-0.39, 0.29) is 11.8 Å². The van der Waals surface area contributed by atoms with E-state index in [1.165, 1.54) is 18.5 Å². The molecule has 0 atom stereocenters. The van der Waals surface area contributed by atoms with Crippen molar-refractivity contribution in [2.75, 3.05) is 28.6 Å². The molecule has 2 N–H and O–H groups in total. The summed E-state index contributed by atoms with van der Waals surface area (Å²) in [6, 6.07) is 12.3. The molecule has 2 aliphatic rings. The Morgan fingerprint density at radius 2 is 1.71 bits per heavy atom. The van der Waals surface area contributed by atoms with Crippen LogP contribution < -0.4 is 15.5 Å². The highest BCUT2D eigenvalue weighted by molar-refractivity contribution is 5.93. The van der Waals surface area contributed by atoms with E-state index in [2.05, 4.69) is 44.8 Å². The zero-order chi connectivity index (χ0) is 16.4. The molecular formula is C19H22N4O. The fourth-order valence-corrected chi connectivity index (χ4v) is 3.01. The van der Waals surface area contributed by atoms with Gasteiger partial charge in [0.15, 0.2) is 0 Å². The Balaban J connectivity index is 1.36. The Hall–Kier alpha value is -2.56. The monoisotopic (exact) mass is 322 g/mol. The lowest BCUT2D eigenvalue weighted by molar-refractivity contribution is -0.117. The largest absolute Gasteiger partial charge is 0.372 e. The standard InChI is InChI=1S/C19H22N4O/c24-19(14-3-4-14)22-18-10-7-16(13-20-18)21-15-5-8-17(9-6-15)23-11-1-2-12-23/h5-10,13-14,21H,1-4,11-12H2,(H,20,22,24). The Kier molecular flexibility index (Phi) is 4.07. The highest BCUT2D eigenvalue weighted by Gasteiger charge is 2.29. The maximum Gasteiger partial charge on any atom is 0.228 e. The molecule has 1 saturated heterocycles. The molecule has 5 heteroatoms. The first kappa shape index (κ1) is 15.0. The summed E-state index contributed by atoms with van der Waals surface area (Å²) < 4.78 is 0. The van der Waals surface area contributed by atoms with Gasteiger partial charge in [0.2, 0.25) is 5.91 Å². The molecule has 1 amide bonds. The van der Waals surface area contributed by atoms with Crippen molar-refractivity contribution in [3.05, 3.63) is 42.6 Å². The van der Waals surface area contributed by atoms with Crippen LogP contribution in [0.2, 0.25) is 0 Å². The van der Waals surface area contributed by atoms with Gasteiger partial charge in [-0.15, -0.1) is 0 Å². The molecule has 0 spiro atoms. The lowest BCUT2D eigenvalue weighted by atomic mass is 10.2. The number of carbonyl (C=O) groups is 1. The molecule has 0 radical (unpaired) electrons. The fourth-order valence-electron chi connectivity index (χ4n) is 3.01. The number of carbonyl (C=O) groups excluding carboxylic acids is 1. The normalized spacial score (nSPS) is 16.9. The fraction of sp³-hybridized carbons (Fsp3) is 0.368. The van der Waals surface area contributed by atoms with E-state index >= 15 is 0 Å². The number of hydrogen-bond donors (Lipinski definition) is 2. The van der Waals surface area contributed by atoms with Crippen LogP contribution in [0.3, 0.4) is 0 Å². The van der Waals surface area contributed by atoms with E-state index in [0.717, 1.165) is 37.3 Å². The van der Waals surface area contributed by atoms with Gasteiger partial charge in [-0.3, -0.25) is 4.79 Å². The lowest BCUT2D eigenvalue weighted by Gasteiger charge is -2.18. The average Bonchev–Trinajstić information content (AvgIpc) is 3.32. The van der Waals surface area contributed by atoms with Crippen LogP contribution in [0.15, 0.2) is 42.6 Å². The van der Waals surface area contributed by atoms with Crippen LogP contribution in [0.1, 0.15) is 25.7 Å². The van der Waals surface area contributed by atoms with Crippen LogP contribution in [-0.2, 0) is 4.79 Å². The second kappa shape index (κ2) is 6.51. The minimum atomic E-state index is 0.0840. The molecule has 1 aromatic carbocycles. The first-order chi connectivity index (χ1) is 11.8. The number of aromatic nitrogens is 1. The van der Waals surface area contributed by atoms with Crippen LogP contribution >= 0.6 is 0 Å². The molecule has 1 aromatic heterocycles. The molecule has 2 aromatic rings. The summed E-state index contributed by atoms with van der Waals surface area (Å²) in [5.74, 6) is 0.890. The molecule has 4 rings (SSSR count). The zero-order valence-electron chi connectivity index (χ0n) is 13.7. The molecule has 1 aliphatic carbocycles. The van der Waals surface area contributed by atoms with E-state index in [1.54, 1.807) is 6.20 Å². The van der Waals surface area contributed by atoms with E-state index in [0.29, 0.717) is 5.82 Å². The second-order valence-electron chi connectivity index (χ2n) is 6.56. The van der Waals surface area contributed by atoms with Gasteiger partial charge in [-0.05, 0) is 62.1 Å². The first-order valence-electron chi connectivity index (χ1n) is 8.67. The van der Waals surface area contributed by atoms with E-state index < -0.39 is 0 Å². The zero-order valence-corrected chi connectivity index (χ0v) is 13.7. The Morgan fingerprint density at radius 1 is 1.00 bits per heavy atom. The van der Waals surface area contributed by atoms with Crippen molar-refractivity contribution < 1.29 is 4.79 Å². The SMILES string of the molecule is O=C(Nc1ccc(Nc2ccc(N3CCCC3)cc2)cn1)C1CC1. The summed E-state index contributed by atoms with van der Waals surface area (Å²) in [5, 5.41) is 6.19. The van der Waals surface area contributed by atoms with Gasteiger partial charge < -0.3 is 15.5 Å². The second-order valence-corrected chi connectivity index (χ2v) is 6.56. The van der Waals surface area contributed by atoms with E-state index in [9.17, 15) is 4.79 Å². The summed E-state index contributed by atoms with van der Waals surface area (Å²) in [6.07, 6.45) is 6.32. The third kappa shape index (κ3) is 3.50. The Labute approximate surface area is 142 Å². The molecule has 1 aliphatic heterocycles. The van der Waals surface area contributed by atoms with Crippen LogP contribution in [0.4, 0.5) is 22.9 Å². The van der Waals surface area contributed by atoms with Gasteiger partial charge in [-0.25, -0.2) is 4.98 Å². The van der Waals surface area contributed by atoms with Gasteiger partial charge >= 0.3 is 0 Å². The molecule has 1 saturated carbocycles. The minimum Gasteiger partial charge on any atom is -0.372 e. The summed E-state index contributed by atoms with van der Waals surface area (Å²) in [4.78, 5) is 18.4. The molecule has 0 bridgehead atoms. The van der Waals surface area contributed by atoms with Crippen LogP contribution in [0.5, 0.6) is 0 Å². The number of nitrogens with one attached hydrogen (secondary N) is 2. The quantitative estimate of drug-likeness (QED) is 0.880. The van der Waals surface area contributed by atoms with Gasteiger partial charge in [-0.2, -0.15) is 0 Å². The maximum absolute atomic E-state index is 11.7. The number of anilines is 4. The van der Waals surface area contributed by atoms with Gasteiger partial charge in [0.1, 0.15) is 5.82 Å². The third-order valence-electron chi connectivity index (χ3n) is 4.59. The van der Waals surface area contributed by atoms with Crippen LogP contribution in [0.25, 0.3) is 0 Å². The topological polar surface area (TPSA) is 57.3 Å². The van der Waals surface area contributed by atoms with Gasteiger partial charge in [0.25, 0.3) is 0 Å². The highest BCUT2D eigenvalue weighted by Crippen LogP contribution is 2.30. The number of benzene rings is 1. The van der Waals surface area contributed by atoms with Gasteiger partial charge in [-0.1, -0.05) is 0 Å². The number of nitrogens with zero attached hydrogens (tertiary/aromatic N) is 2. The molecular weight excluding hydrogens is 300 g/mol. The number of amides is 1. The molecule has 2 heterocycles. The third-order valence-corrected chi connectivity index (χ3v) is 4.59. The smallest absolute Gasteiger partial charge is 0.228 e. The number of rotatable bonds is 5. The molecule has 24 heavy (non-hydrogen) atoms. The molecule has 124 valence electrons. The first-order valence-corrected chi connectivity index (χ1v) is 8.67. The lowest BCUT2D eigenvalue weighted by Crippen LogP contribution is -2.17. The van der Waals surface area contributed by atoms with Crippen molar-refractivity contribution in [1.82, 2.24) is 4.98 Å². The molecule has 0 unspecified atom stereocenters. The highest BCUT2D eigenvalue weighted by atomic mass is 16.2. The summed E-state index contributed by atoms with van der Waals surface area (Å²) in [6.45, 7) is 2.31. The summed E-state index contributed by atoms with van der Waals surface area (Å²) in [5.41, 5.74) is 3.23. The summed E-state index contributed by atoms with van der Waals surface area (Å²) >= 11 is 0. The Bertz CT molecular complexity index is 701. The number of pyridine rings is 1. The maximum atomic E-state index is 11.7. The average molecular weight is 322 g/mol. The van der Waals surface area contributed by atoms with Crippen molar-refractivity contribution in [3.8, 4) is 0 Å². The van der Waals surface area contributed by atoms with Crippen LogP contribution in [0, 0.1) is 5.92 Å². The van der Waals surface area contributed by atoms with Crippen molar-refractivity contribution in [3.63, 3.8) is 0 Å². The van der Waals surface area contributed by atoms with Crippen molar-refractivity contribution >= 4 is 28.8 Å². The van der Waals surface area contributed by atoms with Crippen molar-refractivity contribution in [2.24, 2.45) is 5.92 Å².